The number of nitrogens with one attached hydrogen (secondary N) is 1. The van der Waals surface area contributed by atoms with E-state index in [1.165, 1.54) is 22.0 Å². The molecule has 7 nitrogen and oxygen atoms in total. The van der Waals surface area contributed by atoms with Crippen LogP contribution in [0.1, 0.15) is 54.1 Å². The minimum absolute atomic E-state index is 0.0889. The van der Waals surface area contributed by atoms with Crippen LogP contribution in [-0.4, -0.2) is 55.1 Å². The molecular weight excluding hydrogens is 426 g/mol. The summed E-state index contributed by atoms with van der Waals surface area (Å²) < 4.78 is 26.8. The first kappa shape index (κ1) is 22.5. The molecule has 4 rings (SSSR count). The lowest BCUT2D eigenvalue weighted by Crippen LogP contribution is -2.49. The molecule has 1 saturated heterocycles. The summed E-state index contributed by atoms with van der Waals surface area (Å²) in [6.45, 7) is 5.18. The molecule has 0 radical (unpaired) electrons. The fourth-order valence-corrected chi connectivity index (χ4v) is 5.26. The van der Waals surface area contributed by atoms with Gasteiger partial charge < -0.3 is 10.2 Å². The Hall–Kier alpha value is -2.71. The standard InChI is InChI=1S/C24H29N3O4S/c1-17(2)19-5-3-18(4-6-19)15-27(21-9-10-21)24(29)20-7-11-22(12-8-20)32(30,31)26-14-13-25-23(28)16-26/h3-8,11-12,17,21H,9-10,13-16H2,1-2H3,(H,25,28). The van der Waals surface area contributed by atoms with E-state index < -0.39 is 10.0 Å². The third-order valence-electron chi connectivity index (χ3n) is 5.99. The van der Waals surface area contributed by atoms with Crippen LogP contribution in [0.15, 0.2) is 53.4 Å². The van der Waals surface area contributed by atoms with E-state index in [1.807, 2.05) is 4.90 Å². The van der Waals surface area contributed by atoms with Crippen molar-refractivity contribution in [1.82, 2.24) is 14.5 Å². The maximum absolute atomic E-state index is 13.2. The van der Waals surface area contributed by atoms with E-state index >= 15 is 0 Å². The van der Waals surface area contributed by atoms with Gasteiger partial charge in [-0.2, -0.15) is 4.31 Å². The third kappa shape index (κ3) is 4.86. The topological polar surface area (TPSA) is 86.8 Å². The largest absolute Gasteiger partial charge is 0.354 e. The van der Waals surface area contributed by atoms with Crippen LogP contribution in [0, 0.1) is 0 Å². The molecule has 1 N–H and O–H groups in total. The number of carbonyl (C=O) groups is 2. The lowest BCUT2D eigenvalue weighted by molar-refractivity contribution is -0.122. The molecule has 0 unspecified atom stereocenters. The van der Waals surface area contributed by atoms with Gasteiger partial charge in [0.2, 0.25) is 15.9 Å². The van der Waals surface area contributed by atoms with Gasteiger partial charge in [0.05, 0.1) is 11.4 Å². The van der Waals surface area contributed by atoms with E-state index in [-0.39, 0.29) is 35.8 Å². The normalized spacial score (nSPS) is 17.3. The van der Waals surface area contributed by atoms with Gasteiger partial charge >= 0.3 is 0 Å². The van der Waals surface area contributed by atoms with Gasteiger partial charge in [0.1, 0.15) is 0 Å². The zero-order chi connectivity index (χ0) is 22.9. The number of hydrogen-bond donors (Lipinski definition) is 1. The summed E-state index contributed by atoms with van der Waals surface area (Å²) in [7, 11) is -3.77. The Morgan fingerprint density at radius 1 is 1.09 bits per heavy atom. The minimum Gasteiger partial charge on any atom is -0.354 e. The molecule has 2 fully saturated rings. The zero-order valence-electron chi connectivity index (χ0n) is 18.5. The number of rotatable bonds is 7. The first-order valence-corrected chi connectivity index (χ1v) is 12.5. The molecule has 1 heterocycles. The van der Waals surface area contributed by atoms with Crippen molar-refractivity contribution in [2.24, 2.45) is 0 Å². The summed E-state index contributed by atoms with van der Waals surface area (Å²) in [5.74, 6) is 0.0502. The summed E-state index contributed by atoms with van der Waals surface area (Å²) in [5.41, 5.74) is 2.81. The fourth-order valence-electron chi connectivity index (χ4n) is 3.86. The van der Waals surface area contributed by atoms with Gasteiger partial charge in [-0.15, -0.1) is 0 Å². The Bertz CT molecular complexity index is 1090. The molecule has 2 amide bonds. The van der Waals surface area contributed by atoms with E-state index in [0.29, 0.717) is 24.6 Å². The SMILES string of the molecule is CC(C)c1ccc(CN(C(=O)c2ccc(S(=O)(=O)N3CCNC(=O)C3)cc2)C2CC2)cc1. The maximum atomic E-state index is 13.2. The molecule has 8 heteroatoms. The average Bonchev–Trinajstić information content (AvgIpc) is 3.63. The summed E-state index contributed by atoms with van der Waals surface area (Å²) in [5, 5.41) is 2.62. The van der Waals surface area contributed by atoms with Crippen LogP contribution < -0.4 is 5.32 Å². The third-order valence-corrected chi connectivity index (χ3v) is 7.85. The van der Waals surface area contributed by atoms with Crippen molar-refractivity contribution in [3.63, 3.8) is 0 Å². The van der Waals surface area contributed by atoms with Crippen LogP contribution in [0.5, 0.6) is 0 Å². The monoisotopic (exact) mass is 455 g/mol. The quantitative estimate of drug-likeness (QED) is 0.696. The molecule has 1 aliphatic carbocycles. The number of amides is 2. The van der Waals surface area contributed by atoms with Gasteiger partial charge in [0.15, 0.2) is 0 Å². The van der Waals surface area contributed by atoms with E-state index in [9.17, 15) is 18.0 Å². The molecule has 1 saturated carbocycles. The summed E-state index contributed by atoms with van der Waals surface area (Å²) in [6, 6.07) is 14.6. The predicted molar refractivity (Wildman–Crippen MR) is 122 cm³/mol. The van der Waals surface area contributed by atoms with E-state index in [2.05, 4.69) is 43.4 Å². The Kier molecular flexibility index (Phi) is 6.35. The Morgan fingerprint density at radius 3 is 2.31 bits per heavy atom. The Morgan fingerprint density at radius 2 is 1.75 bits per heavy atom. The fraction of sp³-hybridized carbons (Fsp3) is 0.417. The first-order valence-electron chi connectivity index (χ1n) is 11.0. The second-order valence-electron chi connectivity index (χ2n) is 8.77. The highest BCUT2D eigenvalue weighted by Crippen LogP contribution is 2.30. The van der Waals surface area contributed by atoms with Gasteiger partial charge in [0, 0.05) is 31.2 Å². The highest BCUT2D eigenvalue weighted by molar-refractivity contribution is 7.89. The number of sulfonamides is 1. The van der Waals surface area contributed by atoms with Crippen molar-refractivity contribution in [2.45, 2.75) is 50.1 Å². The lowest BCUT2D eigenvalue weighted by atomic mass is 10.0. The molecule has 2 aromatic carbocycles. The van der Waals surface area contributed by atoms with Crippen molar-refractivity contribution >= 4 is 21.8 Å². The molecular formula is C24H29N3O4S. The van der Waals surface area contributed by atoms with Gasteiger partial charge in [-0.05, 0) is 54.2 Å². The molecule has 1 aliphatic heterocycles. The van der Waals surface area contributed by atoms with Crippen LogP contribution >= 0.6 is 0 Å². The van der Waals surface area contributed by atoms with E-state index in [4.69, 9.17) is 0 Å². The first-order chi connectivity index (χ1) is 15.3. The molecule has 2 aromatic rings. The Balaban J connectivity index is 1.49. The molecule has 0 spiro atoms. The van der Waals surface area contributed by atoms with Crippen molar-refractivity contribution in [1.29, 1.82) is 0 Å². The number of piperazine rings is 1. The van der Waals surface area contributed by atoms with Crippen molar-refractivity contribution < 1.29 is 18.0 Å². The highest BCUT2D eigenvalue weighted by Gasteiger charge is 2.34. The van der Waals surface area contributed by atoms with E-state index in [1.54, 1.807) is 12.1 Å². The van der Waals surface area contributed by atoms with Crippen molar-refractivity contribution in [3.8, 4) is 0 Å². The maximum Gasteiger partial charge on any atom is 0.254 e. The number of benzene rings is 2. The molecule has 0 bridgehead atoms. The number of hydrogen-bond acceptors (Lipinski definition) is 4. The number of nitrogens with zero attached hydrogens (tertiary/aromatic N) is 2. The van der Waals surface area contributed by atoms with E-state index in [0.717, 1.165) is 18.4 Å². The highest BCUT2D eigenvalue weighted by atomic mass is 32.2. The average molecular weight is 456 g/mol. The van der Waals surface area contributed by atoms with Crippen LogP contribution in [0.4, 0.5) is 0 Å². The summed E-state index contributed by atoms with van der Waals surface area (Å²) in [6.07, 6.45) is 1.97. The minimum atomic E-state index is -3.77. The van der Waals surface area contributed by atoms with Gasteiger partial charge in [-0.25, -0.2) is 8.42 Å². The molecule has 0 aromatic heterocycles. The smallest absolute Gasteiger partial charge is 0.254 e. The molecule has 0 atom stereocenters. The van der Waals surface area contributed by atoms with Crippen LogP contribution in [-0.2, 0) is 21.4 Å². The second kappa shape index (κ2) is 9.03. The summed E-state index contributed by atoms with van der Waals surface area (Å²) in [4.78, 5) is 26.8. The second-order valence-corrected chi connectivity index (χ2v) is 10.7. The van der Waals surface area contributed by atoms with Gasteiger partial charge in [-0.3, -0.25) is 9.59 Å². The predicted octanol–water partition coefficient (Wildman–Crippen LogP) is 2.74. The molecule has 32 heavy (non-hydrogen) atoms. The molecule has 2 aliphatic rings. The molecule has 170 valence electrons. The van der Waals surface area contributed by atoms with Gasteiger partial charge in [-0.1, -0.05) is 38.1 Å². The van der Waals surface area contributed by atoms with Crippen LogP contribution in [0.25, 0.3) is 0 Å². The van der Waals surface area contributed by atoms with Crippen molar-refractivity contribution in [2.75, 3.05) is 19.6 Å². The lowest BCUT2D eigenvalue weighted by Gasteiger charge is -2.26. The Labute approximate surface area is 189 Å². The van der Waals surface area contributed by atoms with Crippen LogP contribution in [0.3, 0.4) is 0 Å². The van der Waals surface area contributed by atoms with Gasteiger partial charge in [0.25, 0.3) is 5.91 Å². The number of carbonyl (C=O) groups excluding carboxylic acids is 2. The van der Waals surface area contributed by atoms with Crippen LogP contribution in [0.2, 0.25) is 0 Å². The van der Waals surface area contributed by atoms with Crippen molar-refractivity contribution in [3.05, 3.63) is 65.2 Å². The zero-order valence-corrected chi connectivity index (χ0v) is 19.3. The summed E-state index contributed by atoms with van der Waals surface area (Å²) >= 11 is 0.